The summed E-state index contributed by atoms with van der Waals surface area (Å²) < 4.78 is 19.5. The molecule has 1 aromatic carbocycles. The lowest BCUT2D eigenvalue weighted by atomic mass is 9.84. The quantitative estimate of drug-likeness (QED) is 0.280. The molecule has 2 aliphatic carbocycles. The maximum Gasteiger partial charge on any atom is 0.255 e. The van der Waals surface area contributed by atoms with Crippen molar-refractivity contribution in [1.82, 2.24) is 24.0 Å². The van der Waals surface area contributed by atoms with Gasteiger partial charge in [0.25, 0.3) is 5.91 Å². The molecular weight excluding hydrogens is 607 g/mol. The fourth-order valence-corrected chi connectivity index (χ4v) is 8.58. The van der Waals surface area contributed by atoms with Crippen LogP contribution in [-0.2, 0) is 11.3 Å². The van der Waals surface area contributed by atoms with E-state index in [1.807, 2.05) is 32.6 Å². The van der Waals surface area contributed by atoms with Crippen LogP contribution in [0, 0.1) is 24.6 Å². The van der Waals surface area contributed by atoms with Crippen LogP contribution in [0.15, 0.2) is 36.5 Å². The monoisotopic (exact) mass is 654 g/mol. The molecule has 0 unspecified atom stereocenters. The predicted molar refractivity (Wildman–Crippen MR) is 183 cm³/mol. The Hall–Kier alpha value is -3.76. The number of pyridine rings is 1. The molecule has 2 saturated carbocycles. The standard InChI is InChI=1S/C38H47FN6O3/c1-23-33-11-8-27(38(48)43-14-2-3-30(40)22-43)21-45(33)41-35(23)34-18-28-17-29(39)19-32(36(28)44(34)20-24-4-5-24)25-12-15-42(16-13-25)37(47)26-6-9-31(46)10-7-26/h8,11,17-19,21,24-26,30-31,46H,2-7,9-10,12-16,20,22,40H2,1H3/t26?,30-,31?/m1/s1. The van der Waals surface area contributed by atoms with E-state index in [2.05, 4.69) is 17.6 Å². The molecule has 9 nitrogen and oxygen atoms in total. The Morgan fingerprint density at radius 2 is 1.73 bits per heavy atom. The van der Waals surface area contributed by atoms with Crippen LogP contribution in [0.4, 0.5) is 4.39 Å². The summed E-state index contributed by atoms with van der Waals surface area (Å²) in [6.45, 7) is 5.56. The molecule has 10 heteroatoms. The second-order valence-electron chi connectivity index (χ2n) is 15.0. The second-order valence-corrected chi connectivity index (χ2v) is 15.0. The summed E-state index contributed by atoms with van der Waals surface area (Å²) in [5.41, 5.74) is 12.7. The van der Waals surface area contributed by atoms with Crippen molar-refractivity contribution in [3.05, 3.63) is 59.0 Å². The summed E-state index contributed by atoms with van der Waals surface area (Å²) in [6, 6.07) is 9.34. The number of carbonyl (C=O) groups excluding carboxylic acids is 2. The van der Waals surface area contributed by atoms with E-state index < -0.39 is 0 Å². The summed E-state index contributed by atoms with van der Waals surface area (Å²) >= 11 is 0. The van der Waals surface area contributed by atoms with Gasteiger partial charge in [0.15, 0.2) is 0 Å². The number of likely N-dealkylation sites (tertiary alicyclic amines) is 2. The molecule has 4 fully saturated rings. The third-order valence-corrected chi connectivity index (χ3v) is 11.5. The van der Waals surface area contributed by atoms with Crippen LogP contribution in [0.1, 0.15) is 91.6 Å². The number of nitrogens with two attached hydrogens (primary N) is 1. The molecule has 1 atom stereocenters. The minimum atomic E-state index is -0.276. The van der Waals surface area contributed by atoms with Crippen molar-refractivity contribution in [3.63, 3.8) is 0 Å². The van der Waals surface area contributed by atoms with Crippen LogP contribution in [0.25, 0.3) is 27.8 Å². The molecule has 0 bridgehead atoms. The minimum Gasteiger partial charge on any atom is -0.393 e. The van der Waals surface area contributed by atoms with Gasteiger partial charge in [-0.25, -0.2) is 8.91 Å². The first-order valence-electron chi connectivity index (χ1n) is 18.1. The van der Waals surface area contributed by atoms with E-state index in [-0.39, 0.29) is 41.6 Å². The highest BCUT2D eigenvalue weighted by Gasteiger charge is 2.33. The lowest BCUT2D eigenvalue weighted by Crippen LogP contribution is -2.45. The summed E-state index contributed by atoms with van der Waals surface area (Å²) in [7, 11) is 0. The number of hydrogen-bond donors (Lipinski definition) is 2. The first-order chi connectivity index (χ1) is 23.2. The molecule has 0 radical (unpaired) electrons. The average molecular weight is 655 g/mol. The predicted octanol–water partition coefficient (Wildman–Crippen LogP) is 5.63. The van der Waals surface area contributed by atoms with E-state index in [9.17, 15) is 14.7 Å². The molecule has 5 heterocycles. The molecule has 2 aliphatic heterocycles. The van der Waals surface area contributed by atoms with Gasteiger partial charge in [0.2, 0.25) is 5.91 Å². The van der Waals surface area contributed by atoms with Gasteiger partial charge >= 0.3 is 0 Å². The molecule has 3 N–H and O–H groups in total. The van der Waals surface area contributed by atoms with Crippen molar-refractivity contribution in [2.24, 2.45) is 17.6 Å². The highest BCUT2D eigenvalue weighted by Crippen LogP contribution is 2.42. The van der Waals surface area contributed by atoms with Crippen LogP contribution in [0.5, 0.6) is 0 Å². The van der Waals surface area contributed by atoms with Crippen LogP contribution < -0.4 is 5.73 Å². The maximum absolute atomic E-state index is 15.3. The van der Waals surface area contributed by atoms with Crippen molar-refractivity contribution in [1.29, 1.82) is 0 Å². The van der Waals surface area contributed by atoms with Gasteiger partial charge in [0.1, 0.15) is 11.5 Å². The number of piperidine rings is 2. The van der Waals surface area contributed by atoms with E-state index >= 15 is 4.39 Å². The van der Waals surface area contributed by atoms with E-state index in [1.54, 1.807) is 12.1 Å². The number of halogens is 1. The number of aryl methyl sites for hydroxylation is 1. The Labute approximate surface area is 280 Å². The molecule has 254 valence electrons. The second kappa shape index (κ2) is 12.6. The van der Waals surface area contributed by atoms with Crippen LogP contribution in [0.3, 0.4) is 0 Å². The van der Waals surface area contributed by atoms with Crippen molar-refractivity contribution >= 4 is 28.2 Å². The largest absolute Gasteiger partial charge is 0.393 e. The normalized spacial score (nSPS) is 24.1. The Balaban J connectivity index is 1.11. The van der Waals surface area contributed by atoms with E-state index in [0.29, 0.717) is 44.0 Å². The van der Waals surface area contributed by atoms with Gasteiger partial charge in [-0.3, -0.25) is 9.59 Å². The number of fused-ring (bicyclic) bond motifs is 2. The van der Waals surface area contributed by atoms with E-state index in [1.165, 1.54) is 12.8 Å². The highest BCUT2D eigenvalue weighted by atomic mass is 19.1. The number of aromatic nitrogens is 3. The number of aliphatic hydroxyl groups is 1. The summed E-state index contributed by atoms with van der Waals surface area (Å²) in [5, 5.41) is 15.8. The molecule has 4 aromatic rings. The first-order valence-corrected chi connectivity index (χ1v) is 18.1. The lowest BCUT2D eigenvalue weighted by Gasteiger charge is -2.36. The van der Waals surface area contributed by atoms with E-state index in [0.717, 1.165) is 90.5 Å². The number of hydrogen-bond acceptors (Lipinski definition) is 5. The smallest absolute Gasteiger partial charge is 0.255 e. The van der Waals surface area contributed by atoms with E-state index in [4.69, 9.17) is 10.8 Å². The van der Waals surface area contributed by atoms with Crippen molar-refractivity contribution in [2.75, 3.05) is 26.2 Å². The van der Waals surface area contributed by atoms with Crippen molar-refractivity contribution < 1.29 is 19.1 Å². The Morgan fingerprint density at radius 1 is 0.958 bits per heavy atom. The van der Waals surface area contributed by atoms with Gasteiger partial charge in [0, 0.05) is 61.8 Å². The molecule has 48 heavy (non-hydrogen) atoms. The SMILES string of the molecule is Cc1c(-c2cc3cc(F)cc(C4CCN(C(=O)C5CCC(O)CC5)CC4)c3n2CC2CC2)nn2cc(C(=O)N3CCC[C@@H](N)C3)ccc12. The average Bonchev–Trinajstić information content (AvgIpc) is 3.77. The lowest BCUT2D eigenvalue weighted by molar-refractivity contribution is -0.138. The zero-order valence-corrected chi connectivity index (χ0v) is 27.9. The van der Waals surface area contributed by atoms with Crippen LogP contribution in [0.2, 0.25) is 0 Å². The molecule has 0 spiro atoms. The summed E-state index contributed by atoms with van der Waals surface area (Å²) in [5.74, 6) is 0.711. The number of benzene rings is 1. The first kappa shape index (κ1) is 31.5. The summed E-state index contributed by atoms with van der Waals surface area (Å²) in [6.07, 6.45) is 10.3. The van der Waals surface area contributed by atoms with Crippen molar-refractivity contribution in [3.8, 4) is 11.4 Å². The number of carbonyl (C=O) groups is 2. The molecule has 2 saturated heterocycles. The highest BCUT2D eigenvalue weighted by molar-refractivity contribution is 5.95. The molecular formula is C38H47FN6O3. The van der Waals surface area contributed by atoms with Gasteiger partial charge in [-0.05, 0) is 119 Å². The zero-order chi connectivity index (χ0) is 33.1. The number of nitrogens with zero attached hydrogens (tertiary/aromatic N) is 5. The van der Waals surface area contributed by atoms with Gasteiger partial charge < -0.3 is 25.2 Å². The van der Waals surface area contributed by atoms with Gasteiger partial charge in [-0.2, -0.15) is 5.10 Å². The van der Waals surface area contributed by atoms with Gasteiger partial charge in [-0.15, -0.1) is 0 Å². The fourth-order valence-electron chi connectivity index (χ4n) is 8.58. The third kappa shape index (κ3) is 5.91. The Kier molecular flexibility index (Phi) is 8.27. The van der Waals surface area contributed by atoms with Crippen LogP contribution in [-0.4, -0.2) is 79.2 Å². The topological polar surface area (TPSA) is 109 Å². The zero-order valence-electron chi connectivity index (χ0n) is 27.9. The minimum absolute atomic E-state index is 0.00935. The maximum atomic E-state index is 15.3. The van der Waals surface area contributed by atoms with Crippen LogP contribution >= 0.6 is 0 Å². The Morgan fingerprint density at radius 3 is 2.46 bits per heavy atom. The number of rotatable bonds is 6. The molecule has 4 aliphatic rings. The van der Waals surface area contributed by atoms with Gasteiger partial charge in [-0.1, -0.05) is 0 Å². The number of amides is 2. The Bertz CT molecular complexity index is 1860. The molecule has 2 amide bonds. The molecule has 8 rings (SSSR count). The number of aliphatic hydroxyl groups excluding tert-OH is 1. The molecule has 3 aromatic heterocycles. The van der Waals surface area contributed by atoms with Crippen molar-refractivity contribution in [2.45, 2.75) is 95.7 Å². The van der Waals surface area contributed by atoms with Gasteiger partial charge in [0.05, 0.1) is 28.4 Å². The third-order valence-electron chi connectivity index (χ3n) is 11.5. The fraction of sp³-hybridized carbons (Fsp3) is 0.553. The summed E-state index contributed by atoms with van der Waals surface area (Å²) in [4.78, 5) is 30.5.